The second-order valence-electron chi connectivity index (χ2n) is 8.93. The number of nitrogens with zero attached hydrogens (tertiary/aromatic N) is 2. The van der Waals surface area contributed by atoms with Gasteiger partial charge in [0, 0.05) is 41.5 Å². The summed E-state index contributed by atoms with van der Waals surface area (Å²) in [7, 11) is 0. The zero-order valence-electron chi connectivity index (χ0n) is 20.2. The highest BCUT2D eigenvalue weighted by Gasteiger charge is 2.26. The van der Waals surface area contributed by atoms with E-state index in [4.69, 9.17) is 0 Å². The molecule has 3 heteroatoms. The highest BCUT2D eigenvalue weighted by Crippen LogP contribution is 2.49. The maximum atomic E-state index is 2.51. The van der Waals surface area contributed by atoms with Crippen molar-refractivity contribution in [3.05, 3.63) is 95.7 Å². The summed E-state index contributed by atoms with van der Waals surface area (Å²) in [5.74, 6) is 0. The molecule has 0 radical (unpaired) electrons. The molecule has 0 unspecified atom stereocenters. The van der Waals surface area contributed by atoms with Crippen molar-refractivity contribution < 1.29 is 4.57 Å². The van der Waals surface area contributed by atoms with Crippen molar-refractivity contribution in [2.24, 2.45) is 0 Å². The number of para-hydroxylation sites is 1. The lowest BCUT2D eigenvalue weighted by molar-refractivity contribution is -0.673. The van der Waals surface area contributed by atoms with Gasteiger partial charge in [-0.2, -0.15) is 4.57 Å². The van der Waals surface area contributed by atoms with E-state index >= 15 is 0 Å². The van der Waals surface area contributed by atoms with Gasteiger partial charge in [0.05, 0.1) is 10.7 Å². The van der Waals surface area contributed by atoms with E-state index in [2.05, 4.69) is 114 Å². The van der Waals surface area contributed by atoms with Gasteiger partial charge in [-0.1, -0.05) is 87.0 Å². The molecule has 0 spiro atoms. The third-order valence-corrected chi connectivity index (χ3v) is 7.77. The summed E-state index contributed by atoms with van der Waals surface area (Å²) < 4.78 is 2.47. The number of pyridine rings is 1. The molecule has 0 N–H and O–H groups in total. The number of unbranched alkanes of at least 4 members (excludes halogenated alkanes) is 2. The minimum atomic E-state index is 1.04. The van der Waals surface area contributed by atoms with E-state index in [-0.39, 0.29) is 0 Å². The van der Waals surface area contributed by atoms with Crippen LogP contribution in [0.4, 0.5) is 5.69 Å². The first kappa shape index (κ1) is 22.7. The summed E-state index contributed by atoms with van der Waals surface area (Å²) >= 11 is 1.91. The topological polar surface area (TPSA) is 7.12 Å². The van der Waals surface area contributed by atoms with Gasteiger partial charge >= 0.3 is 0 Å². The number of benzene rings is 3. The van der Waals surface area contributed by atoms with Gasteiger partial charge in [0.2, 0.25) is 11.2 Å². The Labute approximate surface area is 207 Å². The molecule has 0 atom stereocenters. The third-order valence-electron chi connectivity index (χ3n) is 6.57. The molecule has 0 aliphatic carbocycles. The second kappa shape index (κ2) is 10.5. The molecule has 0 amide bonds. The average Bonchev–Trinajstić information content (AvgIpc) is 3.24. The van der Waals surface area contributed by atoms with E-state index in [0.717, 1.165) is 13.1 Å². The Morgan fingerprint density at radius 1 is 0.824 bits per heavy atom. The Hall–Kier alpha value is -3.04. The molecule has 34 heavy (non-hydrogen) atoms. The van der Waals surface area contributed by atoms with Crippen LogP contribution in [0.1, 0.15) is 45.2 Å². The molecule has 0 saturated carbocycles. The van der Waals surface area contributed by atoms with E-state index in [0.29, 0.717) is 0 Å². The van der Waals surface area contributed by atoms with Crippen LogP contribution in [0.2, 0.25) is 0 Å². The first-order chi connectivity index (χ1) is 16.8. The Morgan fingerprint density at radius 3 is 2.44 bits per heavy atom. The number of fused-ring (bicyclic) bond motifs is 4. The fourth-order valence-corrected chi connectivity index (χ4v) is 5.95. The summed E-state index contributed by atoms with van der Waals surface area (Å²) in [6, 6.07) is 26.5. The highest BCUT2D eigenvalue weighted by atomic mass is 32.2. The van der Waals surface area contributed by atoms with Crippen molar-refractivity contribution in [2.45, 2.75) is 51.0 Å². The molecule has 2 heterocycles. The SMILES string of the molecule is CCCCN1C(=CC=Cc2ccc3ccccc3[n+]2CCCC)Sc2c1ccc1ccccc21. The van der Waals surface area contributed by atoms with Gasteiger partial charge in [-0.15, -0.1) is 0 Å². The summed E-state index contributed by atoms with van der Waals surface area (Å²) in [5, 5.41) is 5.28. The average molecular weight is 466 g/mol. The Morgan fingerprint density at radius 2 is 1.59 bits per heavy atom. The maximum absolute atomic E-state index is 2.51. The van der Waals surface area contributed by atoms with Crippen molar-refractivity contribution in [3.8, 4) is 0 Å². The van der Waals surface area contributed by atoms with E-state index in [1.54, 1.807) is 0 Å². The number of aromatic nitrogens is 1. The first-order valence-corrected chi connectivity index (χ1v) is 13.4. The van der Waals surface area contributed by atoms with Crippen LogP contribution in [0.5, 0.6) is 0 Å². The monoisotopic (exact) mass is 465 g/mol. The van der Waals surface area contributed by atoms with Crippen LogP contribution in [0.15, 0.2) is 94.9 Å². The van der Waals surface area contributed by atoms with Gasteiger partial charge in [0.1, 0.15) is 6.54 Å². The minimum Gasteiger partial charge on any atom is -0.335 e. The number of hydrogen-bond acceptors (Lipinski definition) is 2. The molecule has 172 valence electrons. The Bertz CT molecular complexity index is 1370. The lowest BCUT2D eigenvalue weighted by Gasteiger charge is -2.20. The number of anilines is 1. The number of hydrogen-bond donors (Lipinski definition) is 0. The molecular formula is C31H33N2S+. The Kier molecular flexibility index (Phi) is 7.01. The molecule has 0 saturated heterocycles. The van der Waals surface area contributed by atoms with Crippen LogP contribution in [0, 0.1) is 0 Å². The van der Waals surface area contributed by atoms with Crippen molar-refractivity contribution in [1.82, 2.24) is 0 Å². The number of rotatable bonds is 8. The van der Waals surface area contributed by atoms with Gasteiger partial charge in [0.25, 0.3) is 0 Å². The van der Waals surface area contributed by atoms with Gasteiger partial charge in [0.15, 0.2) is 0 Å². The highest BCUT2D eigenvalue weighted by molar-refractivity contribution is 8.04. The van der Waals surface area contributed by atoms with Crippen LogP contribution < -0.4 is 9.47 Å². The molecule has 0 fully saturated rings. The van der Waals surface area contributed by atoms with Crippen LogP contribution in [-0.4, -0.2) is 6.54 Å². The fraction of sp³-hybridized carbons (Fsp3) is 0.258. The molecule has 2 nitrogen and oxygen atoms in total. The summed E-state index contributed by atoms with van der Waals surface area (Å²) in [6.07, 6.45) is 11.6. The van der Waals surface area contributed by atoms with Crippen molar-refractivity contribution in [1.29, 1.82) is 0 Å². The van der Waals surface area contributed by atoms with Crippen molar-refractivity contribution in [2.75, 3.05) is 11.4 Å². The lowest BCUT2D eigenvalue weighted by atomic mass is 10.1. The largest absolute Gasteiger partial charge is 0.335 e. The van der Waals surface area contributed by atoms with Gasteiger partial charge < -0.3 is 4.90 Å². The fourth-order valence-electron chi connectivity index (χ4n) is 4.72. The smallest absolute Gasteiger partial charge is 0.212 e. The number of aryl methyl sites for hydroxylation is 1. The van der Waals surface area contributed by atoms with Crippen LogP contribution in [-0.2, 0) is 6.54 Å². The number of allylic oxidation sites excluding steroid dienone is 2. The zero-order valence-corrected chi connectivity index (χ0v) is 21.0. The van der Waals surface area contributed by atoms with Crippen LogP contribution >= 0.6 is 11.8 Å². The standard InChI is InChI=1S/C31H33N2S/c1-3-5-22-32-26(20-18-25-13-8-10-16-28(25)32)14-11-17-30-33(23-6-4-2)29-21-19-24-12-7-9-15-27(24)31(29)34-30/h7-21H,3-6,22-23H2,1-2H3/q+1. The van der Waals surface area contributed by atoms with Gasteiger partial charge in [-0.05, 0) is 41.5 Å². The predicted octanol–water partition coefficient (Wildman–Crippen LogP) is 8.35. The molecule has 4 aromatic rings. The quantitative estimate of drug-likeness (QED) is 0.241. The first-order valence-electron chi connectivity index (χ1n) is 12.6. The minimum absolute atomic E-state index is 1.04. The molecule has 5 rings (SSSR count). The second-order valence-corrected chi connectivity index (χ2v) is 9.96. The van der Waals surface area contributed by atoms with Crippen molar-refractivity contribution in [3.63, 3.8) is 0 Å². The molecule has 3 aromatic carbocycles. The van der Waals surface area contributed by atoms with Gasteiger partial charge in [-0.3, -0.25) is 0 Å². The zero-order chi connectivity index (χ0) is 23.3. The van der Waals surface area contributed by atoms with E-state index in [1.165, 1.54) is 68.7 Å². The normalized spacial score (nSPS) is 14.6. The Balaban J connectivity index is 1.50. The predicted molar refractivity (Wildman–Crippen MR) is 148 cm³/mol. The summed E-state index contributed by atoms with van der Waals surface area (Å²) in [4.78, 5) is 3.89. The van der Waals surface area contributed by atoms with Crippen LogP contribution in [0.25, 0.3) is 27.8 Å². The summed E-state index contributed by atoms with van der Waals surface area (Å²) in [6.45, 7) is 6.63. The molecular weight excluding hydrogens is 432 g/mol. The van der Waals surface area contributed by atoms with Gasteiger partial charge in [-0.25, -0.2) is 0 Å². The van der Waals surface area contributed by atoms with Crippen LogP contribution in [0.3, 0.4) is 0 Å². The van der Waals surface area contributed by atoms with Crippen molar-refractivity contribution >= 4 is 45.2 Å². The summed E-state index contributed by atoms with van der Waals surface area (Å²) in [5.41, 5.74) is 3.92. The molecule has 1 aliphatic rings. The molecule has 1 aliphatic heterocycles. The third kappa shape index (κ3) is 4.50. The molecule has 1 aromatic heterocycles. The van der Waals surface area contributed by atoms with E-state index in [9.17, 15) is 0 Å². The maximum Gasteiger partial charge on any atom is 0.212 e. The number of thioether (sulfide) groups is 1. The lowest BCUT2D eigenvalue weighted by Crippen LogP contribution is -2.37. The molecule has 0 bridgehead atoms. The van der Waals surface area contributed by atoms with E-state index < -0.39 is 0 Å². The van der Waals surface area contributed by atoms with E-state index in [1.807, 2.05) is 11.8 Å².